The summed E-state index contributed by atoms with van der Waals surface area (Å²) >= 11 is 11.1. The van der Waals surface area contributed by atoms with E-state index in [-0.39, 0.29) is 0 Å². The lowest BCUT2D eigenvalue weighted by atomic mass is 10.1. The van der Waals surface area contributed by atoms with Crippen LogP contribution in [0.1, 0.15) is 44.4 Å². The number of nitrogens with one attached hydrogen (secondary N) is 1. The van der Waals surface area contributed by atoms with E-state index < -0.39 is 0 Å². The minimum Gasteiger partial charge on any atom is -0.309 e. The largest absolute Gasteiger partial charge is 0.309 e. The van der Waals surface area contributed by atoms with E-state index in [2.05, 4.69) is 41.2 Å². The number of rotatable bonds is 7. The highest BCUT2D eigenvalue weighted by Crippen LogP contribution is 2.31. The molecule has 4 heteroatoms. The Morgan fingerprint density at radius 1 is 1.50 bits per heavy atom. The van der Waals surface area contributed by atoms with Gasteiger partial charge in [-0.05, 0) is 35.3 Å². The summed E-state index contributed by atoms with van der Waals surface area (Å²) in [4.78, 5) is 1.29. The van der Waals surface area contributed by atoms with Crippen LogP contribution in [0.25, 0.3) is 0 Å². The zero-order valence-electron chi connectivity index (χ0n) is 9.85. The Bertz CT molecular complexity index is 294. The van der Waals surface area contributed by atoms with Gasteiger partial charge in [-0.25, -0.2) is 0 Å². The Morgan fingerprint density at radius 3 is 2.81 bits per heavy atom. The molecule has 0 fully saturated rings. The Morgan fingerprint density at radius 2 is 2.25 bits per heavy atom. The van der Waals surface area contributed by atoms with Crippen molar-refractivity contribution < 1.29 is 0 Å². The van der Waals surface area contributed by atoms with Crippen LogP contribution in [-0.4, -0.2) is 6.04 Å². The van der Waals surface area contributed by atoms with Gasteiger partial charge in [0.25, 0.3) is 0 Å². The topological polar surface area (TPSA) is 12.0 Å². The van der Waals surface area contributed by atoms with Gasteiger partial charge in [-0.15, -0.1) is 11.3 Å². The van der Waals surface area contributed by atoms with Crippen LogP contribution in [0, 0.1) is 0 Å². The summed E-state index contributed by atoms with van der Waals surface area (Å²) in [6.45, 7) is 5.41. The van der Waals surface area contributed by atoms with E-state index in [1.165, 1.54) is 30.6 Å². The fourth-order valence-corrected chi connectivity index (χ4v) is 3.30. The van der Waals surface area contributed by atoms with Crippen LogP contribution in [0.15, 0.2) is 10.5 Å². The third-order valence-electron chi connectivity index (χ3n) is 2.56. The average Bonchev–Trinajstić information content (AvgIpc) is 2.56. The number of hydrogen-bond donors (Lipinski definition) is 1. The molecule has 0 aromatic carbocycles. The number of hydrogen-bond acceptors (Lipinski definition) is 2. The minimum absolute atomic E-state index is 0.589. The third-order valence-corrected chi connectivity index (χ3v) is 5.04. The molecule has 1 heterocycles. The average molecular weight is 325 g/mol. The van der Waals surface area contributed by atoms with Gasteiger partial charge in [-0.3, -0.25) is 0 Å². The predicted molar refractivity (Wildman–Crippen MR) is 77.5 cm³/mol. The number of halogens is 2. The van der Waals surface area contributed by atoms with E-state index in [1.807, 2.05) is 0 Å². The minimum atomic E-state index is 0.589. The summed E-state index contributed by atoms with van der Waals surface area (Å²) in [5.41, 5.74) is 0. The lowest BCUT2D eigenvalue weighted by Crippen LogP contribution is -2.24. The van der Waals surface area contributed by atoms with Crippen molar-refractivity contribution in [3.05, 3.63) is 19.8 Å². The van der Waals surface area contributed by atoms with Gasteiger partial charge in [0.05, 0.1) is 0 Å². The summed E-state index contributed by atoms with van der Waals surface area (Å²) in [5, 5.41) is 3.53. The molecule has 0 saturated heterocycles. The molecule has 1 rings (SSSR count). The molecule has 0 bridgehead atoms. The van der Waals surface area contributed by atoms with Crippen molar-refractivity contribution in [2.45, 2.75) is 52.1 Å². The second-order valence-electron chi connectivity index (χ2n) is 4.11. The maximum Gasteiger partial charge on any atom is 0.107 e. The summed E-state index contributed by atoms with van der Waals surface area (Å²) in [7, 11) is 0. The van der Waals surface area contributed by atoms with Crippen molar-refractivity contribution in [3.63, 3.8) is 0 Å². The first-order valence-corrected chi connectivity index (χ1v) is 7.79. The first-order valence-electron chi connectivity index (χ1n) is 5.80. The molecule has 0 radical (unpaired) electrons. The van der Waals surface area contributed by atoms with Gasteiger partial charge in [0, 0.05) is 21.9 Å². The van der Waals surface area contributed by atoms with Crippen LogP contribution in [0.4, 0.5) is 0 Å². The van der Waals surface area contributed by atoms with E-state index in [0.29, 0.717) is 6.04 Å². The lowest BCUT2D eigenvalue weighted by molar-refractivity contribution is 0.489. The Labute approximate surface area is 116 Å². The van der Waals surface area contributed by atoms with Crippen LogP contribution in [0.2, 0.25) is 4.34 Å². The third kappa shape index (κ3) is 5.17. The molecule has 1 unspecified atom stereocenters. The van der Waals surface area contributed by atoms with Crippen LogP contribution < -0.4 is 5.32 Å². The molecule has 1 aromatic heterocycles. The summed E-state index contributed by atoms with van der Waals surface area (Å²) in [5.74, 6) is 0. The van der Waals surface area contributed by atoms with Gasteiger partial charge in [0.1, 0.15) is 4.34 Å². The SMILES string of the molecule is CCCCCC(C)NCc1cc(Br)c(Cl)s1. The maximum atomic E-state index is 5.99. The number of unbranched alkanes of at least 4 members (excludes halogenated alkanes) is 2. The molecule has 0 saturated carbocycles. The van der Waals surface area contributed by atoms with E-state index in [4.69, 9.17) is 11.6 Å². The first-order chi connectivity index (χ1) is 7.63. The van der Waals surface area contributed by atoms with Gasteiger partial charge in [-0.1, -0.05) is 37.8 Å². The Hall–Kier alpha value is 0.430. The molecule has 0 aliphatic rings. The van der Waals surface area contributed by atoms with Crippen molar-refractivity contribution in [2.24, 2.45) is 0 Å². The zero-order chi connectivity index (χ0) is 12.0. The molecule has 0 aliphatic heterocycles. The van der Waals surface area contributed by atoms with Gasteiger partial charge in [-0.2, -0.15) is 0 Å². The molecule has 92 valence electrons. The van der Waals surface area contributed by atoms with Gasteiger partial charge < -0.3 is 5.32 Å². The summed E-state index contributed by atoms with van der Waals surface area (Å²) in [6, 6.07) is 2.69. The van der Waals surface area contributed by atoms with Gasteiger partial charge in [0.15, 0.2) is 0 Å². The maximum absolute atomic E-state index is 5.99. The highest BCUT2D eigenvalue weighted by Gasteiger charge is 2.06. The molecule has 16 heavy (non-hydrogen) atoms. The monoisotopic (exact) mass is 323 g/mol. The smallest absolute Gasteiger partial charge is 0.107 e. The Balaban J connectivity index is 2.23. The second-order valence-corrected chi connectivity index (χ2v) is 6.71. The Kier molecular flexibility index (Phi) is 6.97. The molecular weight excluding hydrogens is 306 g/mol. The highest BCUT2D eigenvalue weighted by atomic mass is 79.9. The fraction of sp³-hybridized carbons (Fsp3) is 0.667. The molecule has 0 aliphatic carbocycles. The van der Waals surface area contributed by atoms with Crippen LogP contribution >= 0.6 is 38.9 Å². The van der Waals surface area contributed by atoms with Crippen LogP contribution in [0.3, 0.4) is 0 Å². The zero-order valence-corrected chi connectivity index (χ0v) is 13.0. The fourth-order valence-electron chi connectivity index (χ4n) is 1.56. The van der Waals surface area contributed by atoms with Crippen LogP contribution in [0.5, 0.6) is 0 Å². The van der Waals surface area contributed by atoms with E-state index in [1.54, 1.807) is 11.3 Å². The van der Waals surface area contributed by atoms with E-state index in [9.17, 15) is 0 Å². The molecule has 1 N–H and O–H groups in total. The quantitative estimate of drug-likeness (QED) is 0.678. The normalized spacial score (nSPS) is 13.0. The second kappa shape index (κ2) is 7.70. The van der Waals surface area contributed by atoms with Crippen molar-refractivity contribution in [3.8, 4) is 0 Å². The van der Waals surface area contributed by atoms with Crippen molar-refractivity contribution in [1.82, 2.24) is 5.32 Å². The molecular formula is C12H19BrClNS. The molecule has 1 nitrogen and oxygen atoms in total. The summed E-state index contributed by atoms with van der Waals surface area (Å²) < 4.78 is 1.85. The van der Waals surface area contributed by atoms with E-state index in [0.717, 1.165) is 15.4 Å². The highest BCUT2D eigenvalue weighted by molar-refractivity contribution is 9.10. The molecule has 1 atom stereocenters. The molecule has 0 spiro atoms. The molecule has 1 aromatic rings. The van der Waals surface area contributed by atoms with Crippen molar-refractivity contribution >= 4 is 38.9 Å². The predicted octanol–water partition coefficient (Wildman–Crippen LogP) is 5.22. The lowest BCUT2D eigenvalue weighted by Gasteiger charge is -2.12. The standard InChI is InChI=1S/C12H19BrClNS/c1-3-4-5-6-9(2)15-8-10-7-11(13)12(14)16-10/h7,9,15H,3-6,8H2,1-2H3. The van der Waals surface area contributed by atoms with E-state index >= 15 is 0 Å². The molecule has 0 amide bonds. The van der Waals surface area contributed by atoms with Crippen molar-refractivity contribution in [2.75, 3.05) is 0 Å². The summed E-state index contributed by atoms with van der Waals surface area (Å²) in [6.07, 6.45) is 5.20. The van der Waals surface area contributed by atoms with Gasteiger partial charge in [0.2, 0.25) is 0 Å². The first kappa shape index (κ1) is 14.5. The van der Waals surface area contributed by atoms with Crippen molar-refractivity contribution in [1.29, 1.82) is 0 Å². The van der Waals surface area contributed by atoms with Crippen LogP contribution in [-0.2, 0) is 6.54 Å². The van der Waals surface area contributed by atoms with Gasteiger partial charge >= 0.3 is 0 Å². The number of thiophene rings is 1.